The van der Waals surface area contributed by atoms with E-state index in [0.717, 1.165) is 38.4 Å². The summed E-state index contributed by atoms with van der Waals surface area (Å²) in [5, 5.41) is 12.5. The second-order valence-electron chi connectivity index (χ2n) is 7.57. The maximum Gasteiger partial charge on any atom is 0.214 e. The van der Waals surface area contributed by atoms with Crippen LogP contribution in [0, 0.1) is 5.82 Å². The number of nitrogens with zero attached hydrogens (tertiary/aromatic N) is 4. The molecule has 2 N–H and O–H groups in total. The van der Waals surface area contributed by atoms with Crippen molar-refractivity contribution in [3.8, 4) is 0 Å². The summed E-state index contributed by atoms with van der Waals surface area (Å²) in [6, 6.07) is 17.1. The van der Waals surface area contributed by atoms with E-state index in [1.54, 1.807) is 6.07 Å². The minimum atomic E-state index is -0.194. The Kier molecular flexibility index (Phi) is 5.73. The Morgan fingerprint density at radius 3 is 2.46 bits per heavy atom. The molecule has 1 aromatic heterocycles. The van der Waals surface area contributed by atoms with Crippen molar-refractivity contribution in [1.82, 2.24) is 20.2 Å². The van der Waals surface area contributed by atoms with Gasteiger partial charge < -0.3 is 9.80 Å². The fraction of sp³-hybridized carbons (Fsp3) is 0.381. The van der Waals surface area contributed by atoms with Gasteiger partial charge in [-0.1, -0.05) is 42.5 Å². The quantitative estimate of drug-likeness (QED) is 0.608. The standard InChI is InChI=1S/C21H25FN6/c1-26-13-15-27(16-14-26)20(18-9-5-6-10-19(18)22)21-23-24-25-28(21)12-11-17-7-3-2-4-8-17/h2-10,20H,11-16H2,1H3/p+2/t20-/m0/s1. The number of halogens is 1. The van der Waals surface area contributed by atoms with Crippen molar-refractivity contribution in [2.45, 2.75) is 19.0 Å². The molecule has 1 aliphatic heterocycles. The molecular weight excluding hydrogens is 355 g/mol. The number of aryl methyl sites for hydroxylation is 2. The third-order valence-electron chi connectivity index (χ3n) is 5.64. The van der Waals surface area contributed by atoms with E-state index in [9.17, 15) is 4.39 Å². The van der Waals surface area contributed by atoms with E-state index in [1.165, 1.54) is 21.4 Å². The molecule has 0 aliphatic carbocycles. The Bertz CT molecular complexity index is 889. The molecule has 1 aliphatic rings. The smallest absolute Gasteiger partial charge is 0.214 e. The van der Waals surface area contributed by atoms with Crippen LogP contribution in [-0.4, -0.2) is 53.4 Å². The molecule has 6 nitrogen and oxygen atoms in total. The Morgan fingerprint density at radius 1 is 1.00 bits per heavy atom. The fourth-order valence-electron chi connectivity index (χ4n) is 3.99. The number of aromatic nitrogens is 4. The van der Waals surface area contributed by atoms with Crippen LogP contribution >= 0.6 is 0 Å². The minimum absolute atomic E-state index is 0.191. The predicted octanol–water partition coefficient (Wildman–Crippen LogP) is -0.442. The zero-order valence-electron chi connectivity index (χ0n) is 16.2. The molecule has 28 heavy (non-hydrogen) atoms. The van der Waals surface area contributed by atoms with Gasteiger partial charge >= 0.3 is 0 Å². The monoisotopic (exact) mass is 382 g/mol. The molecule has 1 atom stereocenters. The van der Waals surface area contributed by atoms with Crippen molar-refractivity contribution in [2.24, 2.45) is 0 Å². The highest BCUT2D eigenvalue weighted by Crippen LogP contribution is 2.20. The molecule has 2 heterocycles. The second-order valence-corrected chi connectivity index (χ2v) is 7.57. The van der Waals surface area contributed by atoms with Gasteiger partial charge in [-0.3, -0.25) is 0 Å². The molecule has 1 fully saturated rings. The van der Waals surface area contributed by atoms with Crippen LogP contribution in [0.15, 0.2) is 54.6 Å². The SMILES string of the molecule is C[NH+]1CC[NH+]([C@@H](c2ccccc2F)c2nnnn2CCc2ccccc2)CC1. The Hall–Kier alpha value is -2.64. The van der Waals surface area contributed by atoms with Gasteiger partial charge in [0.2, 0.25) is 5.82 Å². The summed E-state index contributed by atoms with van der Waals surface area (Å²) in [7, 11) is 2.21. The van der Waals surface area contributed by atoms with Crippen LogP contribution < -0.4 is 9.80 Å². The van der Waals surface area contributed by atoms with Gasteiger partial charge in [-0.15, -0.1) is 5.10 Å². The first-order valence-corrected chi connectivity index (χ1v) is 9.92. The average molecular weight is 382 g/mol. The van der Waals surface area contributed by atoms with E-state index in [4.69, 9.17) is 0 Å². The number of benzene rings is 2. The van der Waals surface area contributed by atoms with Crippen LogP contribution in [0.5, 0.6) is 0 Å². The number of piperazine rings is 1. The first kappa shape index (κ1) is 18.7. The molecule has 7 heteroatoms. The van der Waals surface area contributed by atoms with Gasteiger partial charge in [0, 0.05) is 6.54 Å². The second kappa shape index (κ2) is 8.58. The molecule has 0 radical (unpaired) electrons. The number of tetrazole rings is 1. The van der Waals surface area contributed by atoms with E-state index in [0.29, 0.717) is 12.1 Å². The zero-order valence-corrected chi connectivity index (χ0v) is 16.2. The molecule has 0 saturated carbocycles. The molecule has 4 rings (SSSR count). The molecule has 0 spiro atoms. The van der Waals surface area contributed by atoms with Crippen molar-refractivity contribution in [2.75, 3.05) is 33.2 Å². The Labute approximate surface area is 164 Å². The average Bonchev–Trinajstić information content (AvgIpc) is 3.18. The van der Waals surface area contributed by atoms with Crippen LogP contribution in [0.1, 0.15) is 23.0 Å². The number of hydrogen-bond donors (Lipinski definition) is 2. The van der Waals surface area contributed by atoms with E-state index < -0.39 is 0 Å². The van der Waals surface area contributed by atoms with E-state index in [1.807, 2.05) is 35.0 Å². The predicted molar refractivity (Wildman–Crippen MR) is 104 cm³/mol. The lowest BCUT2D eigenvalue weighted by Gasteiger charge is -2.32. The molecule has 1 saturated heterocycles. The van der Waals surface area contributed by atoms with Gasteiger partial charge in [0.1, 0.15) is 32.0 Å². The topological polar surface area (TPSA) is 52.5 Å². The summed E-state index contributed by atoms with van der Waals surface area (Å²) in [5.41, 5.74) is 1.91. The van der Waals surface area contributed by atoms with E-state index >= 15 is 0 Å². The number of likely N-dealkylation sites (N-methyl/N-ethyl adjacent to an activating group) is 1. The van der Waals surface area contributed by atoms with Gasteiger partial charge in [-0.05, 0) is 34.5 Å². The lowest BCUT2D eigenvalue weighted by Crippen LogP contribution is -3.27. The van der Waals surface area contributed by atoms with Crippen molar-refractivity contribution in [3.63, 3.8) is 0 Å². The lowest BCUT2D eigenvalue weighted by atomic mass is 10.0. The summed E-state index contributed by atoms with van der Waals surface area (Å²) in [5.74, 6) is 0.555. The van der Waals surface area contributed by atoms with Crippen molar-refractivity contribution in [1.29, 1.82) is 0 Å². The van der Waals surface area contributed by atoms with E-state index in [2.05, 4.69) is 34.7 Å². The van der Waals surface area contributed by atoms with Crippen molar-refractivity contribution >= 4 is 0 Å². The number of hydrogen-bond acceptors (Lipinski definition) is 3. The summed E-state index contributed by atoms with van der Waals surface area (Å²) < 4.78 is 16.6. The van der Waals surface area contributed by atoms with Crippen molar-refractivity contribution in [3.05, 3.63) is 77.4 Å². The van der Waals surface area contributed by atoms with Gasteiger partial charge in [0.25, 0.3) is 0 Å². The largest absolute Gasteiger partial charge is 0.328 e. The fourth-order valence-corrected chi connectivity index (χ4v) is 3.99. The van der Waals surface area contributed by atoms with Gasteiger partial charge in [-0.2, -0.15) is 0 Å². The third-order valence-corrected chi connectivity index (χ3v) is 5.64. The molecule has 3 aromatic rings. The summed E-state index contributed by atoms with van der Waals surface area (Å²) in [4.78, 5) is 2.84. The molecule has 0 amide bonds. The molecule has 146 valence electrons. The molecule has 0 bridgehead atoms. The molecular formula is C21H27FN6+2. The van der Waals surface area contributed by atoms with Gasteiger partial charge in [-0.25, -0.2) is 9.07 Å². The zero-order chi connectivity index (χ0) is 19.3. The normalized spacial score (nSPS) is 20.8. The Balaban J connectivity index is 1.64. The third kappa shape index (κ3) is 4.10. The van der Waals surface area contributed by atoms with Gasteiger partial charge in [0.15, 0.2) is 6.04 Å². The summed E-state index contributed by atoms with van der Waals surface area (Å²) in [6.07, 6.45) is 0.838. The highest BCUT2D eigenvalue weighted by atomic mass is 19.1. The number of nitrogens with one attached hydrogen (secondary N) is 2. The maximum atomic E-state index is 14.7. The first-order valence-electron chi connectivity index (χ1n) is 9.92. The van der Waals surface area contributed by atoms with Crippen LogP contribution in [0.3, 0.4) is 0 Å². The molecule has 0 unspecified atom stereocenters. The number of quaternary nitrogens is 2. The minimum Gasteiger partial charge on any atom is -0.328 e. The van der Waals surface area contributed by atoms with Gasteiger partial charge in [0.05, 0.1) is 12.6 Å². The highest BCUT2D eigenvalue weighted by molar-refractivity contribution is 5.24. The first-order chi connectivity index (χ1) is 13.7. The molecule has 2 aromatic carbocycles. The number of rotatable bonds is 6. The maximum absolute atomic E-state index is 14.7. The van der Waals surface area contributed by atoms with E-state index in [-0.39, 0.29) is 11.9 Å². The highest BCUT2D eigenvalue weighted by Gasteiger charge is 2.36. The van der Waals surface area contributed by atoms with Crippen LogP contribution in [0.4, 0.5) is 4.39 Å². The summed E-state index contributed by atoms with van der Waals surface area (Å²) >= 11 is 0. The van der Waals surface area contributed by atoms with Crippen molar-refractivity contribution < 1.29 is 14.2 Å². The van der Waals surface area contributed by atoms with Crippen LogP contribution in [0.2, 0.25) is 0 Å². The summed E-state index contributed by atoms with van der Waals surface area (Å²) in [6.45, 7) is 4.74. The lowest BCUT2D eigenvalue weighted by molar-refractivity contribution is -1.02. The van der Waals surface area contributed by atoms with Crippen LogP contribution in [-0.2, 0) is 13.0 Å². The van der Waals surface area contributed by atoms with Crippen LogP contribution in [0.25, 0.3) is 0 Å². The Morgan fingerprint density at radius 2 is 1.71 bits per heavy atom.